The Morgan fingerprint density at radius 3 is 2.79 bits per heavy atom. The molecule has 0 saturated carbocycles. The molecule has 1 fully saturated rings. The Labute approximate surface area is 167 Å². The highest BCUT2D eigenvalue weighted by Gasteiger charge is 2.30. The molecule has 2 aromatic rings. The van der Waals surface area contributed by atoms with Crippen LogP contribution in [0.1, 0.15) is 21.8 Å². The zero-order valence-electron chi connectivity index (χ0n) is 15.6. The van der Waals surface area contributed by atoms with Gasteiger partial charge in [-0.2, -0.15) is 0 Å². The molecular formula is C20H22FN5OS. The smallest absolute Gasteiger partial charge is 0.270 e. The fourth-order valence-corrected chi connectivity index (χ4v) is 4.68. The fourth-order valence-electron chi connectivity index (χ4n) is 3.61. The fraction of sp³-hybridized carbons (Fsp3) is 0.350. The predicted octanol–water partition coefficient (Wildman–Crippen LogP) is 3.07. The Kier molecular flexibility index (Phi) is 5.13. The monoisotopic (exact) mass is 399 g/mol. The first-order valence-corrected chi connectivity index (χ1v) is 10.1. The second-order valence-electron chi connectivity index (χ2n) is 6.88. The Morgan fingerprint density at radius 1 is 1.36 bits per heavy atom. The molecule has 0 spiro atoms. The van der Waals surface area contributed by atoms with Crippen molar-refractivity contribution >= 4 is 29.1 Å². The lowest BCUT2D eigenvalue weighted by Gasteiger charge is -2.26. The molecule has 2 aliphatic rings. The largest absolute Gasteiger partial charge is 0.392 e. The number of fused-ring (bicyclic) bond motifs is 1. The molecular weight excluding hydrogens is 377 g/mol. The van der Waals surface area contributed by atoms with Crippen molar-refractivity contribution in [1.82, 2.24) is 15.2 Å². The molecule has 1 amide bonds. The third-order valence-electron chi connectivity index (χ3n) is 5.07. The number of nitrogens with zero attached hydrogens (tertiary/aromatic N) is 3. The first-order valence-electron chi connectivity index (χ1n) is 9.29. The van der Waals surface area contributed by atoms with Crippen LogP contribution < -0.4 is 10.2 Å². The number of allylic oxidation sites excluding steroid dienone is 1. The van der Waals surface area contributed by atoms with E-state index < -0.39 is 6.17 Å². The number of aromatic nitrogens is 1. The minimum atomic E-state index is -0.748. The van der Waals surface area contributed by atoms with Gasteiger partial charge in [0.1, 0.15) is 16.1 Å². The summed E-state index contributed by atoms with van der Waals surface area (Å²) in [6.07, 6.45) is 3.33. The number of rotatable bonds is 5. The van der Waals surface area contributed by atoms with Crippen molar-refractivity contribution in [3.05, 3.63) is 46.7 Å². The molecule has 1 aromatic carbocycles. The van der Waals surface area contributed by atoms with Crippen LogP contribution in [-0.2, 0) is 6.42 Å². The molecule has 4 rings (SSSR count). The van der Waals surface area contributed by atoms with Crippen LogP contribution in [0.5, 0.6) is 0 Å². The number of thiazole rings is 1. The Hall–Kier alpha value is -2.74. The van der Waals surface area contributed by atoms with Gasteiger partial charge in [-0.05, 0) is 30.7 Å². The van der Waals surface area contributed by atoms with Gasteiger partial charge in [0.25, 0.3) is 5.91 Å². The molecule has 0 unspecified atom stereocenters. The number of halogens is 1. The minimum absolute atomic E-state index is 0.113. The highest BCUT2D eigenvalue weighted by molar-refractivity contribution is 7.17. The van der Waals surface area contributed by atoms with Crippen LogP contribution in [0.2, 0.25) is 0 Å². The Balaban J connectivity index is 1.56. The van der Waals surface area contributed by atoms with E-state index in [-0.39, 0.29) is 5.91 Å². The topological polar surface area (TPSA) is 72.3 Å². The van der Waals surface area contributed by atoms with Gasteiger partial charge in [0.05, 0.1) is 11.4 Å². The maximum Gasteiger partial charge on any atom is 0.270 e. The summed E-state index contributed by atoms with van der Waals surface area (Å²) in [6, 6.07) is 7.95. The second-order valence-corrected chi connectivity index (χ2v) is 7.88. The van der Waals surface area contributed by atoms with E-state index in [0.717, 1.165) is 28.5 Å². The van der Waals surface area contributed by atoms with Crippen molar-refractivity contribution in [1.29, 1.82) is 5.41 Å². The van der Waals surface area contributed by atoms with Crippen LogP contribution in [0.3, 0.4) is 0 Å². The van der Waals surface area contributed by atoms with Gasteiger partial charge in [-0.3, -0.25) is 4.79 Å². The van der Waals surface area contributed by atoms with E-state index in [1.165, 1.54) is 17.6 Å². The van der Waals surface area contributed by atoms with Crippen molar-refractivity contribution in [2.45, 2.75) is 19.0 Å². The van der Waals surface area contributed by atoms with E-state index in [9.17, 15) is 9.18 Å². The van der Waals surface area contributed by atoms with Crippen LogP contribution in [-0.4, -0.2) is 54.9 Å². The van der Waals surface area contributed by atoms with Crippen LogP contribution in [0.25, 0.3) is 10.6 Å². The quantitative estimate of drug-likeness (QED) is 0.758. The second kappa shape index (κ2) is 7.71. The van der Waals surface area contributed by atoms with Crippen molar-refractivity contribution in [2.24, 2.45) is 0 Å². The number of hydrogen-bond acceptors (Lipinski definition) is 6. The van der Waals surface area contributed by atoms with E-state index >= 15 is 0 Å². The number of carbonyl (C=O) groups is 1. The summed E-state index contributed by atoms with van der Waals surface area (Å²) in [5.74, 6) is -0.113. The highest BCUT2D eigenvalue weighted by atomic mass is 32.1. The van der Waals surface area contributed by atoms with E-state index in [1.807, 2.05) is 24.3 Å². The zero-order chi connectivity index (χ0) is 19.7. The van der Waals surface area contributed by atoms with E-state index in [2.05, 4.69) is 15.2 Å². The number of anilines is 1. The summed E-state index contributed by atoms with van der Waals surface area (Å²) < 4.78 is 13.4. The van der Waals surface area contributed by atoms with Crippen molar-refractivity contribution in [2.75, 3.05) is 31.6 Å². The number of hydrogen-bond donors (Lipinski definition) is 2. The number of amides is 1. The average Bonchev–Trinajstić information content (AvgIpc) is 3.34. The van der Waals surface area contributed by atoms with Crippen LogP contribution in [0.4, 0.5) is 10.1 Å². The van der Waals surface area contributed by atoms with Gasteiger partial charge in [0.2, 0.25) is 0 Å². The predicted molar refractivity (Wildman–Crippen MR) is 110 cm³/mol. The SMILES string of the molecule is CN/C=C(\C=N)N1CCc2nc(-c3ccc(N4CC[C@H](F)C4)cc3)sc2C1=O. The molecule has 8 heteroatoms. The standard InChI is InChI=1S/C20H22FN5OS/c1-23-11-16(10-22)26-9-7-17-18(20(26)27)28-19(24-17)13-2-4-15(5-3-13)25-8-6-14(21)12-25/h2-5,10-11,14,22-23H,6-9,12H2,1H3/b16-11+,22-10?/t14-/m0/s1. The number of benzene rings is 1. The Morgan fingerprint density at radius 2 is 2.14 bits per heavy atom. The minimum Gasteiger partial charge on any atom is -0.392 e. The van der Waals surface area contributed by atoms with Crippen LogP contribution in [0, 0.1) is 5.41 Å². The zero-order valence-corrected chi connectivity index (χ0v) is 16.4. The first-order chi connectivity index (χ1) is 13.6. The molecule has 0 radical (unpaired) electrons. The summed E-state index contributed by atoms with van der Waals surface area (Å²) in [5, 5.41) is 11.2. The number of carbonyl (C=O) groups excluding carboxylic acids is 1. The molecule has 0 aliphatic carbocycles. The summed E-state index contributed by atoms with van der Waals surface area (Å²) in [6.45, 7) is 1.70. The van der Waals surface area contributed by atoms with Crippen molar-refractivity contribution < 1.29 is 9.18 Å². The Bertz CT molecular complexity index is 923. The lowest BCUT2D eigenvalue weighted by atomic mass is 10.1. The maximum atomic E-state index is 13.4. The first kappa shape index (κ1) is 18.6. The molecule has 28 heavy (non-hydrogen) atoms. The van der Waals surface area contributed by atoms with Gasteiger partial charge < -0.3 is 20.5 Å². The van der Waals surface area contributed by atoms with E-state index in [4.69, 9.17) is 5.41 Å². The lowest BCUT2D eigenvalue weighted by molar-refractivity contribution is 0.0804. The molecule has 1 saturated heterocycles. The van der Waals surface area contributed by atoms with E-state index in [1.54, 1.807) is 18.1 Å². The van der Waals surface area contributed by atoms with Gasteiger partial charge >= 0.3 is 0 Å². The third kappa shape index (κ3) is 3.40. The summed E-state index contributed by atoms with van der Waals surface area (Å²) in [7, 11) is 1.74. The lowest BCUT2D eigenvalue weighted by Crippen LogP contribution is -2.37. The molecule has 6 nitrogen and oxygen atoms in total. The van der Waals surface area contributed by atoms with Gasteiger partial charge in [0.15, 0.2) is 0 Å². The summed E-state index contributed by atoms with van der Waals surface area (Å²) in [5.41, 5.74) is 3.32. The molecule has 1 aromatic heterocycles. The van der Waals surface area contributed by atoms with Gasteiger partial charge in [-0.25, -0.2) is 9.37 Å². The van der Waals surface area contributed by atoms with Crippen LogP contribution >= 0.6 is 11.3 Å². The summed E-state index contributed by atoms with van der Waals surface area (Å²) >= 11 is 1.39. The van der Waals surface area contributed by atoms with E-state index in [0.29, 0.717) is 36.5 Å². The molecule has 1 atom stereocenters. The van der Waals surface area contributed by atoms with Gasteiger partial charge in [0, 0.05) is 56.8 Å². The molecule has 0 bridgehead atoms. The summed E-state index contributed by atoms with van der Waals surface area (Å²) in [4.78, 5) is 21.9. The maximum absolute atomic E-state index is 13.4. The average molecular weight is 399 g/mol. The normalized spacial score (nSPS) is 19.7. The third-order valence-corrected chi connectivity index (χ3v) is 6.21. The molecule has 3 heterocycles. The van der Waals surface area contributed by atoms with Crippen molar-refractivity contribution in [3.63, 3.8) is 0 Å². The molecule has 146 valence electrons. The molecule has 2 aliphatic heterocycles. The van der Waals surface area contributed by atoms with Gasteiger partial charge in [-0.15, -0.1) is 11.3 Å². The number of nitrogens with one attached hydrogen (secondary N) is 2. The van der Waals surface area contributed by atoms with Crippen molar-refractivity contribution in [3.8, 4) is 10.6 Å². The van der Waals surface area contributed by atoms with Gasteiger partial charge in [-0.1, -0.05) is 0 Å². The number of alkyl halides is 1. The molecule has 2 N–H and O–H groups in total. The van der Waals surface area contributed by atoms with Crippen LogP contribution in [0.15, 0.2) is 36.2 Å². The highest BCUT2D eigenvalue weighted by Crippen LogP contribution is 2.33.